The van der Waals surface area contributed by atoms with Crippen LogP contribution in [-0.4, -0.2) is 48.8 Å². The van der Waals surface area contributed by atoms with E-state index in [0.29, 0.717) is 18.8 Å². The Labute approximate surface area is 115 Å². The molecular formula is C12H15N3O5. The van der Waals surface area contributed by atoms with E-state index < -0.39 is 16.9 Å². The summed E-state index contributed by atoms with van der Waals surface area (Å²) in [5, 5.41) is 23.3. The van der Waals surface area contributed by atoms with Crippen molar-refractivity contribution in [1.29, 1.82) is 0 Å². The number of nitro benzene ring substituents is 1. The molecule has 8 nitrogen and oxygen atoms in total. The Morgan fingerprint density at radius 3 is 2.95 bits per heavy atom. The van der Waals surface area contributed by atoms with Crippen LogP contribution in [0.15, 0.2) is 18.2 Å². The van der Waals surface area contributed by atoms with Crippen LogP contribution in [0.2, 0.25) is 0 Å². The molecule has 1 aromatic carbocycles. The third kappa shape index (κ3) is 2.64. The van der Waals surface area contributed by atoms with Gasteiger partial charge in [-0.05, 0) is 6.07 Å². The number of rotatable bonds is 4. The molecule has 0 bridgehead atoms. The minimum absolute atomic E-state index is 0.126. The lowest BCUT2D eigenvalue weighted by atomic mass is 10.1. The standard InChI is InChI=1S/C12H15N3O5/c1-20-8-2-3-9(15(18)19)10(6-8)14-5-4-13-7-11(14)12(16)17/h2-3,6,11,13H,4-5,7H2,1H3,(H,16,17). The second-order valence-electron chi connectivity index (χ2n) is 4.36. The first-order valence-corrected chi connectivity index (χ1v) is 6.07. The van der Waals surface area contributed by atoms with Crippen LogP contribution in [0.5, 0.6) is 5.75 Å². The van der Waals surface area contributed by atoms with Gasteiger partial charge in [0.25, 0.3) is 5.69 Å². The topological polar surface area (TPSA) is 105 Å². The number of nitro groups is 1. The molecule has 8 heteroatoms. The summed E-state index contributed by atoms with van der Waals surface area (Å²) in [4.78, 5) is 23.4. The summed E-state index contributed by atoms with van der Waals surface area (Å²) < 4.78 is 5.06. The fourth-order valence-corrected chi connectivity index (χ4v) is 2.23. The maximum atomic E-state index is 11.3. The van der Waals surface area contributed by atoms with Crippen molar-refractivity contribution in [3.8, 4) is 5.75 Å². The van der Waals surface area contributed by atoms with Crippen molar-refractivity contribution in [2.75, 3.05) is 31.6 Å². The molecular weight excluding hydrogens is 266 g/mol. The highest BCUT2D eigenvalue weighted by Crippen LogP contribution is 2.33. The van der Waals surface area contributed by atoms with E-state index in [1.807, 2.05) is 0 Å². The van der Waals surface area contributed by atoms with Crippen LogP contribution in [0.3, 0.4) is 0 Å². The summed E-state index contributed by atoms with van der Waals surface area (Å²) in [7, 11) is 1.46. The molecule has 1 heterocycles. The maximum Gasteiger partial charge on any atom is 0.327 e. The lowest BCUT2D eigenvalue weighted by molar-refractivity contribution is -0.384. The number of hydrogen-bond donors (Lipinski definition) is 2. The van der Waals surface area contributed by atoms with E-state index in [9.17, 15) is 20.0 Å². The van der Waals surface area contributed by atoms with Crippen molar-refractivity contribution in [2.24, 2.45) is 0 Å². The van der Waals surface area contributed by atoms with E-state index in [1.165, 1.54) is 30.2 Å². The zero-order chi connectivity index (χ0) is 14.7. The summed E-state index contributed by atoms with van der Waals surface area (Å²) >= 11 is 0. The number of nitrogens with zero attached hydrogens (tertiary/aromatic N) is 2. The molecule has 0 spiro atoms. The van der Waals surface area contributed by atoms with E-state index in [1.54, 1.807) is 0 Å². The van der Waals surface area contributed by atoms with Crippen LogP contribution < -0.4 is 15.0 Å². The van der Waals surface area contributed by atoms with Gasteiger partial charge in [0, 0.05) is 31.8 Å². The highest BCUT2D eigenvalue weighted by Gasteiger charge is 2.32. The first kappa shape index (κ1) is 14.1. The predicted octanol–water partition coefficient (Wildman–Crippen LogP) is 0.466. The molecule has 0 radical (unpaired) electrons. The Morgan fingerprint density at radius 2 is 2.35 bits per heavy atom. The van der Waals surface area contributed by atoms with Crippen molar-refractivity contribution in [2.45, 2.75) is 6.04 Å². The number of benzene rings is 1. The van der Waals surface area contributed by atoms with Crippen molar-refractivity contribution in [3.63, 3.8) is 0 Å². The zero-order valence-corrected chi connectivity index (χ0v) is 10.9. The van der Waals surface area contributed by atoms with Gasteiger partial charge in [-0.25, -0.2) is 4.79 Å². The quantitative estimate of drug-likeness (QED) is 0.610. The largest absolute Gasteiger partial charge is 0.497 e. The number of anilines is 1. The molecule has 2 rings (SSSR count). The van der Waals surface area contributed by atoms with Gasteiger partial charge in [0.1, 0.15) is 17.5 Å². The van der Waals surface area contributed by atoms with Gasteiger partial charge in [0.05, 0.1) is 12.0 Å². The summed E-state index contributed by atoms with van der Waals surface area (Å²) in [6, 6.07) is 3.48. The molecule has 1 atom stereocenters. The Kier molecular flexibility index (Phi) is 4.04. The molecule has 0 aromatic heterocycles. The van der Waals surface area contributed by atoms with Crippen molar-refractivity contribution in [3.05, 3.63) is 28.3 Å². The summed E-state index contributed by atoms with van der Waals surface area (Å²) in [5.41, 5.74) is 0.141. The number of piperazine rings is 1. The van der Waals surface area contributed by atoms with Gasteiger partial charge in [-0.3, -0.25) is 10.1 Å². The zero-order valence-electron chi connectivity index (χ0n) is 10.9. The molecule has 1 aliphatic heterocycles. The normalized spacial score (nSPS) is 18.6. The number of ether oxygens (including phenoxy) is 1. The number of aliphatic carboxylic acids is 1. The molecule has 1 fully saturated rings. The van der Waals surface area contributed by atoms with Crippen molar-refractivity contribution in [1.82, 2.24) is 5.32 Å². The van der Waals surface area contributed by atoms with Crippen LogP contribution in [0.4, 0.5) is 11.4 Å². The lowest BCUT2D eigenvalue weighted by Gasteiger charge is -2.34. The van der Waals surface area contributed by atoms with Crippen LogP contribution in [0, 0.1) is 10.1 Å². The van der Waals surface area contributed by atoms with Gasteiger partial charge < -0.3 is 20.1 Å². The highest BCUT2D eigenvalue weighted by molar-refractivity contribution is 5.81. The Balaban J connectivity index is 2.47. The minimum atomic E-state index is -1.02. The Morgan fingerprint density at radius 1 is 1.60 bits per heavy atom. The first-order valence-electron chi connectivity index (χ1n) is 6.07. The van der Waals surface area contributed by atoms with E-state index in [2.05, 4.69) is 5.32 Å². The molecule has 0 amide bonds. The average Bonchev–Trinajstić information content (AvgIpc) is 2.46. The monoisotopic (exact) mass is 281 g/mol. The van der Waals surface area contributed by atoms with E-state index >= 15 is 0 Å². The van der Waals surface area contributed by atoms with Crippen LogP contribution >= 0.6 is 0 Å². The Bertz CT molecular complexity index is 534. The second-order valence-corrected chi connectivity index (χ2v) is 4.36. The van der Waals surface area contributed by atoms with Gasteiger partial charge in [0.15, 0.2) is 0 Å². The van der Waals surface area contributed by atoms with Crippen LogP contribution in [-0.2, 0) is 4.79 Å². The number of carbonyl (C=O) groups is 1. The molecule has 2 N–H and O–H groups in total. The van der Waals surface area contributed by atoms with Crippen LogP contribution in [0.1, 0.15) is 0 Å². The van der Waals surface area contributed by atoms with Gasteiger partial charge in [-0.2, -0.15) is 0 Å². The maximum absolute atomic E-state index is 11.3. The third-order valence-corrected chi connectivity index (χ3v) is 3.22. The van der Waals surface area contributed by atoms with Gasteiger partial charge in [-0.1, -0.05) is 0 Å². The molecule has 1 aromatic rings. The summed E-state index contributed by atoms with van der Waals surface area (Å²) in [5.74, 6) is -0.567. The minimum Gasteiger partial charge on any atom is -0.497 e. The molecule has 1 saturated heterocycles. The molecule has 0 aliphatic carbocycles. The molecule has 0 saturated carbocycles. The third-order valence-electron chi connectivity index (χ3n) is 3.22. The fraction of sp³-hybridized carbons (Fsp3) is 0.417. The molecule has 20 heavy (non-hydrogen) atoms. The number of carboxylic acids is 1. The van der Waals surface area contributed by atoms with Crippen molar-refractivity contribution < 1.29 is 19.6 Å². The number of hydrogen-bond acceptors (Lipinski definition) is 6. The highest BCUT2D eigenvalue weighted by atomic mass is 16.6. The average molecular weight is 281 g/mol. The summed E-state index contributed by atoms with van der Waals surface area (Å²) in [6.07, 6.45) is 0. The Hall–Kier alpha value is -2.35. The van der Waals surface area contributed by atoms with Gasteiger partial charge in [0.2, 0.25) is 0 Å². The smallest absolute Gasteiger partial charge is 0.327 e. The number of methoxy groups -OCH3 is 1. The molecule has 1 unspecified atom stereocenters. The predicted molar refractivity (Wildman–Crippen MR) is 71.3 cm³/mol. The summed E-state index contributed by atoms with van der Waals surface area (Å²) in [6.45, 7) is 1.19. The fourth-order valence-electron chi connectivity index (χ4n) is 2.23. The number of nitrogens with one attached hydrogen (secondary N) is 1. The van der Waals surface area contributed by atoms with E-state index in [0.717, 1.165) is 0 Å². The second kappa shape index (κ2) is 5.74. The van der Waals surface area contributed by atoms with Gasteiger partial charge in [-0.15, -0.1) is 0 Å². The SMILES string of the molecule is COc1ccc([N+](=O)[O-])c(N2CCNCC2C(=O)O)c1. The first-order chi connectivity index (χ1) is 9.54. The molecule has 1 aliphatic rings. The number of carboxylic acid groups (broad SMARTS) is 1. The van der Waals surface area contributed by atoms with Crippen LogP contribution in [0.25, 0.3) is 0 Å². The van der Waals surface area contributed by atoms with Crippen molar-refractivity contribution >= 4 is 17.3 Å². The molecule has 108 valence electrons. The van der Waals surface area contributed by atoms with Gasteiger partial charge >= 0.3 is 5.97 Å². The van der Waals surface area contributed by atoms with E-state index in [-0.39, 0.29) is 17.9 Å². The van der Waals surface area contributed by atoms with E-state index in [4.69, 9.17) is 4.74 Å². The lowest BCUT2D eigenvalue weighted by Crippen LogP contribution is -2.55.